The number of amides is 2. The van der Waals surface area contributed by atoms with Gasteiger partial charge in [0.15, 0.2) is 0 Å². The van der Waals surface area contributed by atoms with E-state index in [1.54, 1.807) is 11.0 Å². The molecule has 0 saturated heterocycles. The topological polar surface area (TPSA) is 95.0 Å². The second-order valence-electron chi connectivity index (χ2n) is 7.32. The molecule has 2 aliphatic heterocycles. The first kappa shape index (κ1) is 21.8. The van der Waals surface area contributed by atoms with Crippen molar-refractivity contribution in [1.82, 2.24) is 20.1 Å². The summed E-state index contributed by atoms with van der Waals surface area (Å²) in [5.74, 6) is 0.227. The van der Waals surface area contributed by atoms with Crippen LogP contribution in [0.25, 0.3) is 0 Å². The number of pyridine rings is 1. The molecule has 2 aliphatic rings. The summed E-state index contributed by atoms with van der Waals surface area (Å²) in [6, 6.07) is 1.63. The van der Waals surface area contributed by atoms with Gasteiger partial charge in [-0.1, -0.05) is 0 Å². The van der Waals surface area contributed by atoms with Gasteiger partial charge in [0.2, 0.25) is 0 Å². The monoisotopic (exact) mass is 418 g/mol. The van der Waals surface area contributed by atoms with Crippen LogP contribution in [0, 0.1) is 0 Å². The Balaban J connectivity index is 1.74. The third-order valence-electron chi connectivity index (χ3n) is 5.16. The molecule has 3 heterocycles. The first-order chi connectivity index (χ1) is 14.5. The second-order valence-corrected chi connectivity index (χ2v) is 7.32. The Bertz CT molecular complexity index is 884. The minimum Gasteiger partial charge on any atom is -0.493 e. The van der Waals surface area contributed by atoms with Crippen LogP contribution in [0.4, 0.5) is 4.39 Å². The van der Waals surface area contributed by atoms with Crippen LogP contribution in [0.15, 0.2) is 35.4 Å². The molecule has 9 heteroatoms. The molecule has 3 rings (SSSR count). The molecular weight excluding hydrogens is 391 g/mol. The lowest BCUT2D eigenvalue weighted by Crippen LogP contribution is -2.35. The standard InChI is InChI=1S/C21H27FN4O4/c1-14-10-15(25(2)13-18(14)30-9-5-22)11-26-12-17-16(21(26)29)4-7-23-19(17)20(28)24-6-3-8-27/h4,7,10,27H,3,5-6,8-9,11-13H2,1-2H3,(H,24,28). The summed E-state index contributed by atoms with van der Waals surface area (Å²) in [5.41, 5.74) is 3.18. The number of alkyl halides is 1. The molecule has 2 N–H and O–H groups in total. The van der Waals surface area contributed by atoms with Gasteiger partial charge < -0.3 is 25.0 Å². The fraction of sp³-hybridized carbons (Fsp3) is 0.476. The lowest BCUT2D eigenvalue weighted by molar-refractivity contribution is 0.0779. The number of rotatable bonds is 9. The molecule has 0 spiro atoms. The highest BCUT2D eigenvalue weighted by molar-refractivity contribution is 6.03. The number of halogens is 1. The van der Waals surface area contributed by atoms with Gasteiger partial charge in [-0.3, -0.25) is 14.6 Å². The van der Waals surface area contributed by atoms with Gasteiger partial charge in [0.1, 0.15) is 24.7 Å². The van der Waals surface area contributed by atoms with Crippen molar-refractivity contribution in [2.24, 2.45) is 0 Å². The zero-order chi connectivity index (χ0) is 21.7. The number of ether oxygens (including phenoxy) is 1. The van der Waals surface area contributed by atoms with Crippen molar-refractivity contribution in [3.8, 4) is 0 Å². The number of nitrogens with zero attached hydrogens (tertiary/aromatic N) is 3. The van der Waals surface area contributed by atoms with E-state index in [0.29, 0.717) is 43.7 Å². The molecule has 0 saturated carbocycles. The summed E-state index contributed by atoms with van der Waals surface area (Å²) in [5, 5.41) is 11.6. The molecule has 30 heavy (non-hydrogen) atoms. The minimum absolute atomic E-state index is 0.0100. The van der Waals surface area contributed by atoms with Crippen LogP contribution in [0.5, 0.6) is 0 Å². The van der Waals surface area contributed by atoms with Gasteiger partial charge in [0, 0.05) is 49.8 Å². The van der Waals surface area contributed by atoms with E-state index in [2.05, 4.69) is 10.3 Å². The molecule has 0 aliphatic carbocycles. The molecule has 0 aromatic carbocycles. The maximum Gasteiger partial charge on any atom is 0.270 e. The van der Waals surface area contributed by atoms with Gasteiger partial charge in [-0.05, 0) is 31.1 Å². The Morgan fingerprint density at radius 2 is 2.20 bits per heavy atom. The fourth-order valence-corrected chi connectivity index (χ4v) is 3.54. The van der Waals surface area contributed by atoms with E-state index in [1.165, 1.54) is 6.20 Å². The molecule has 0 fully saturated rings. The lowest BCUT2D eigenvalue weighted by Gasteiger charge is -2.31. The smallest absolute Gasteiger partial charge is 0.270 e. The Morgan fingerprint density at radius 1 is 1.40 bits per heavy atom. The highest BCUT2D eigenvalue weighted by Crippen LogP contribution is 2.28. The number of hydrogen-bond acceptors (Lipinski definition) is 6. The van der Waals surface area contributed by atoms with Crippen molar-refractivity contribution in [3.63, 3.8) is 0 Å². The Kier molecular flexibility index (Phi) is 7.04. The fourth-order valence-electron chi connectivity index (χ4n) is 3.54. The number of carbonyl (C=O) groups is 2. The summed E-state index contributed by atoms with van der Waals surface area (Å²) in [4.78, 5) is 33.2. The Hall–Kier alpha value is -2.94. The predicted octanol–water partition coefficient (Wildman–Crippen LogP) is 1.24. The molecule has 1 aromatic heterocycles. The molecule has 0 radical (unpaired) electrons. The van der Waals surface area contributed by atoms with E-state index < -0.39 is 6.67 Å². The SMILES string of the molecule is CC1=C(OCCF)CN(C)C(CN2Cc3c(ccnc3C(=O)NCCCO)C2=O)=C1. The summed E-state index contributed by atoms with van der Waals surface area (Å²) < 4.78 is 17.9. The number of allylic oxidation sites excluding steroid dienone is 2. The lowest BCUT2D eigenvalue weighted by atomic mass is 10.1. The molecule has 0 bridgehead atoms. The van der Waals surface area contributed by atoms with E-state index in [9.17, 15) is 14.0 Å². The van der Waals surface area contributed by atoms with Crippen molar-refractivity contribution in [3.05, 3.63) is 52.2 Å². The zero-order valence-electron chi connectivity index (χ0n) is 17.3. The largest absolute Gasteiger partial charge is 0.493 e. The summed E-state index contributed by atoms with van der Waals surface area (Å²) >= 11 is 0. The summed E-state index contributed by atoms with van der Waals surface area (Å²) in [7, 11) is 1.90. The van der Waals surface area contributed by atoms with E-state index in [-0.39, 0.29) is 30.7 Å². The number of aromatic nitrogens is 1. The number of likely N-dealkylation sites (N-methyl/N-ethyl adjacent to an activating group) is 1. The molecule has 162 valence electrons. The van der Waals surface area contributed by atoms with E-state index in [0.717, 1.165) is 17.0 Å². The van der Waals surface area contributed by atoms with Crippen LogP contribution >= 0.6 is 0 Å². The van der Waals surface area contributed by atoms with Crippen molar-refractivity contribution in [1.29, 1.82) is 0 Å². The van der Waals surface area contributed by atoms with Gasteiger partial charge >= 0.3 is 0 Å². The average Bonchev–Trinajstić information content (AvgIpc) is 3.05. The Morgan fingerprint density at radius 3 is 2.93 bits per heavy atom. The number of hydrogen-bond donors (Lipinski definition) is 2. The number of nitrogens with one attached hydrogen (secondary N) is 1. The van der Waals surface area contributed by atoms with Crippen LogP contribution in [-0.2, 0) is 11.3 Å². The molecule has 0 unspecified atom stereocenters. The Labute approximate surface area is 175 Å². The van der Waals surface area contributed by atoms with Crippen LogP contribution in [0.1, 0.15) is 39.8 Å². The van der Waals surface area contributed by atoms with Crippen molar-refractivity contribution in [2.75, 3.05) is 46.6 Å². The average molecular weight is 418 g/mol. The van der Waals surface area contributed by atoms with Crippen molar-refractivity contribution in [2.45, 2.75) is 19.9 Å². The number of fused-ring (bicyclic) bond motifs is 1. The highest BCUT2D eigenvalue weighted by atomic mass is 19.1. The van der Waals surface area contributed by atoms with E-state index in [4.69, 9.17) is 9.84 Å². The number of carbonyl (C=O) groups excluding carboxylic acids is 2. The molecule has 1 aromatic rings. The first-order valence-electron chi connectivity index (χ1n) is 9.92. The quantitative estimate of drug-likeness (QED) is 0.586. The number of aliphatic hydroxyl groups is 1. The summed E-state index contributed by atoms with van der Waals surface area (Å²) in [6.45, 7) is 2.90. The van der Waals surface area contributed by atoms with Gasteiger partial charge in [-0.2, -0.15) is 0 Å². The van der Waals surface area contributed by atoms with Gasteiger partial charge in [-0.15, -0.1) is 0 Å². The zero-order valence-corrected chi connectivity index (χ0v) is 17.3. The molecular formula is C21H27FN4O4. The van der Waals surface area contributed by atoms with Crippen molar-refractivity contribution >= 4 is 11.8 Å². The third-order valence-corrected chi connectivity index (χ3v) is 5.16. The van der Waals surface area contributed by atoms with Crippen LogP contribution < -0.4 is 5.32 Å². The normalized spacial score (nSPS) is 16.0. The molecule has 0 atom stereocenters. The molecule has 8 nitrogen and oxygen atoms in total. The van der Waals surface area contributed by atoms with E-state index >= 15 is 0 Å². The predicted molar refractivity (Wildman–Crippen MR) is 108 cm³/mol. The van der Waals surface area contributed by atoms with Crippen LogP contribution in [-0.4, -0.2) is 78.3 Å². The van der Waals surface area contributed by atoms with Gasteiger partial charge in [-0.25, -0.2) is 4.39 Å². The third kappa shape index (κ3) is 4.62. The van der Waals surface area contributed by atoms with Crippen LogP contribution in [0.3, 0.4) is 0 Å². The van der Waals surface area contributed by atoms with Crippen LogP contribution in [0.2, 0.25) is 0 Å². The van der Waals surface area contributed by atoms with E-state index in [1.807, 2.05) is 24.9 Å². The van der Waals surface area contributed by atoms with Crippen molar-refractivity contribution < 1.29 is 23.8 Å². The first-order valence-corrected chi connectivity index (χ1v) is 9.92. The van der Waals surface area contributed by atoms with Gasteiger partial charge in [0.05, 0.1) is 13.1 Å². The number of aliphatic hydroxyl groups excluding tert-OH is 1. The molecule has 2 amide bonds. The maximum absolute atomic E-state index is 12.9. The second kappa shape index (κ2) is 9.71. The summed E-state index contributed by atoms with van der Waals surface area (Å²) in [6.07, 6.45) is 3.86. The minimum atomic E-state index is -0.540. The van der Waals surface area contributed by atoms with Gasteiger partial charge in [0.25, 0.3) is 11.8 Å². The maximum atomic E-state index is 12.9. The highest BCUT2D eigenvalue weighted by Gasteiger charge is 2.33.